The highest BCUT2D eigenvalue weighted by atomic mass is 16.6. The molecule has 2 saturated heterocycles. The zero-order chi connectivity index (χ0) is 18.1. The van der Waals surface area contributed by atoms with Crippen molar-refractivity contribution in [2.75, 3.05) is 46.4 Å². The Labute approximate surface area is 152 Å². The molecule has 0 spiro atoms. The molecule has 0 aromatic heterocycles. The third-order valence-electron chi connectivity index (χ3n) is 5.22. The van der Waals surface area contributed by atoms with Crippen LogP contribution in [0.4, 0.5) is 4.79 Å². The molecule has 7 heteroatoms. The first-order valence-electron chi connectivity index (χ1n) is 9.77. The molecule has 1 atom stereocenters. The van der Waals surface area contributed by atoms with Crippen molar-refractivity contribution < 1.29 is 9.53 Å². The Morgan fingerprint density at radius 3 is 2.60 bits per heavy atom. The van der Waals surface area contributed by atoms with Crippen molar-refractivity contribution in [2.24, 2.45) is 4.99 Å². The van der Waals surface area contributed by atoms with Gasteiger partial charge in [-0.25, -0.2) is 4.79 Å². The molecule has 2 aliphatic rings. The lowest BCUT2D eigenvalue weighted by Crippen LogP contribution is -2.51. The molecule has 2 heterocycles. The highest BCUT2D eigenvalue weighted by Gasteiger charge is 2.24. The first kappa shape index (κ1) is 19.8. The Hall–Kier alpha value is -1.50. The fourth-order valence-corrected chi connectivity index (χ4v) is 3.62. The van der Waals surface area contributed by atoms with E-state index >= 15 is 0 Å². The lowest BCUT2D eigenvalue weighted by atomic mass is 10.0. The number of nitrogens with one attached hydrogen (secondary N) is 2. The number of carbonyl (C=O) groups excluding carboxylic acids is 1. The molecule has 25 heavy (non-hydrogen) atoms. The molecule has 0 aromatic rings. The lowest BCUT2D eigenvalue weighted by Gasteiger charge is -2.34. The van der Waals surface area contributed by atoms with Gasteiger partial charge in [-0.3, -0.25) is 9.89 Å². The van der Waals surface area contributed by atoms with Gasteiger partial charge >= 0.3 is 6.09 Å². The van der Waals surface area contributed by atoms with E-state index in [1.54, 1.807) is 4.90 Å². The molecule has 0 saturated carbocycles. The average Bonchev–Trinajstić information content (AvgIpc) is 2.63. The smallest absolute Gasteiger partial charge is 0.409 e. The van der Waals surface area contributed by atoms with Crippen LogP contribution >= 0.6 is 0 Å². The first-order chi connectivity index (χ1) is 12.1. The third-order valence-corrected chi connectivity index (χ3v) is 5.22. The second-order valence-electron chi connectivity index (χ2n) is 6.98. The van der Waals surface area contributed by atoms with Gasteiger partial charge in [-0.15, -0.1) is 0 Å². The van der Waals surface area contributed by atoms with Gasteiger partial charge in [-0.1, -0.05) is 6.42 Å². The van der Waals surface area contributed by atoms with Crippen LogP contribution in [0.15, 0.2) is 4.99 Å². The van der Waals surface area contributed by atoms with Crippen LogP contribution in [0.25, 0.3) is 0 Å². The van der Waals surface area contributed by atoms with Crippen molar-refractivity contribution in [2.45, 2.75) is 58.0 Å². The summed E-state index contributed by atoms with van der Waals surface area (Å²) in [6.45, 7) is 9.24. The Kier molecular flexibility index (Phi) is 8.31. The standard InChI is InChI=1S/C18H35N5O2/c1-4-25-18(24)23-12-8-16(9-13-23)21-17(19-3)20-10-14-22-11-6-5-7-15(22)2/h15-16H,4-14H2,1-3H3,(H2,19,20,21). The van der Waals surface area contributed by atoms with E-state index in [0.717, 1.165) is 45.0 Å². The number of carbonyl (C=O) groups is 1. The summed E-state index contributed by atoms with van der Waals surface area (Å²) in [7, 11) is 1.81. The van der Waals surface area contributed by atoms with E-state index in [2.05, 4.69) is 27.4 Å². The van der Waals surface area contributed by atoms with E-state index < -0.39 is 0 Å². The summed E-state index contributed by atoms with van der Waals surface area (Å²) in [5.74, 6) is 0.860. The molecule has 0 aliphatic carbocycles. The van der Waals surface area contributed by atoms with Crippen LogP contribution in [0.5, 0.6) is 0 Å². The average molecular weight is 354 g/mol. The van der Waals surface area contributed by atoms with Crippen LogP contribution in [-0.4, -0.2) is 80.3 Å². The molecule has 2 fully saturated rings. The summed E-state index contributed by atoms with van der Waals surface area (Å²) >= 11 is 0. The molecular formula is C18H35N5O2. The molecule has 2 aliphatic heterocycles. The van der Waals surface area contributed by atoms with Crippen molar-refractivity contribution in [3.8, 4) is 0 Å². The Balaban J connectivity index is 1.66. The molecular weight excluding hydrogens is 318 g/mol. The van der Waals surface area contributed by atoms with Crippen LogP contribution < -0.4 is 10.6 Å². The molecule has 0 bridgehead atoms. The normalized spacial score (nSPS) is 23.4. The van der Waals surface area contributed by atoms with Gasteiger partial charge < -0.3 is 20.3 Å². The minimum atomic E-state index is -0.195. The summed E-state index contributed by atoms with van der Waals surface area (Å²) in [4.78, 5) is 20.4. The number of ether oxygens (including phenoxy) is 1. The van der Waals surface area contributed by atoms with Gasteiger partial charge in [-0.05, 0) is 46.1 Å². The van der Waals surface area contributed by atoms with Crippen molar-refractivity contribution in [1.29, 1.82) is 0 Å². The Morgan fingerprint density at radius 1 is 1.20 bits per heavy atom. The van der Waals surface area contributed by atoms with Crippen LogP contribution in [0.2, 0.25) is 0 Å². The SMILES string of the molecule is CCOC(=O)N1CCC(NC(=NC)NCCN2CCCCC2C)CC1. The number of nitrogens with zero attached hydrogens (tertiary/aromatic N) is 3. The topological polar surface area (TPSA) is 69.2 Å². The molecule has 2 N–H and O–H groups in total. The van der Waals surface area contributed by atoms with Gasteiger partial charge in [0, 0.05) is 45.3 Å². The molecule has 0 radical (unpaired) electrons. The van der Waals surface area contributed by atoms with E-state index in [1.807, 2.05) is 14.0 Å². The van der Waals surface area contributed by atoms with Gasteiger partial charge in [0.2, 0.25) is 0 Å². The maximum absolute atomic E-state index is 11.7. The fourth-order valence-electron chi connectivity index (χ4n) is 3.62. The molecule has 7 nitrogen and oxygen atoms in total. The highest BCUT2D eigenvalue weighted by molar-refractivity contribution is 5.80. The lowest BCUT2D eigenvalue weighted by molar-refractivity contribution is 0.0963. The van der Waals surface area contributed by atoms with Crippen LogP contribution in [-0.2, 0) is 4.74 Å². The number of likely N-dealkylation sites (tertiary alicyclic amines) is 2. The van der Waals surface area contributed by atoms with Crippen molar-refractivity contribution in [3.63, 3.8) is 0 Å². The van der Waals surface area contributed by atoms with E-state index in [9.17, 15) is 4.79 Å². The molecule has 0 aromatic carbocycles. The van der Waals surface area contributed by atoms with Crippen LogP contribution in [0.1, 0.15) is 46.0 Å². The van der Waals surface area contributed by atoms with Crippen molar-refractivity contribution in [3.05, 3.63) is 0 Å². The predicted molar refractivity (Wildman–Crippen MR) is 101 cm³/mol. The summed E-state index contributed by atoms with van der Waals surface area (Å²) in [5, 5.41) is 6.92. The summed E-state index contributed by atoms with van der Waals surface area (Å²) in [5.41, 5.74) is 0. The minimum absolute atomic E-state index is 0.195. The highest BCUT2D eigenvalue weighted by Crippen LogP contribution is 2.15. The molecule has 1 unspecified atom stereocenters. The molecule has 2 rings (SSSR count). The van der Waals surface area contributed by atoms with Crippen molar-refractivity contribution >= 4 is 12.1 Å². The number of aliphatic imine (C=N–C) groups is 1. The summed E-state index contributed by atoms with van der Waals surface area (Å²) < 4.78 is 5.06. The Bertz CT molecular complexity index is 435. The fraction of sp³-hybridized carbons (Fsp3) is 0.889. The second-order valence-corrected chi connectivity index (χ2v) is 6.98. The maximum atomic E-state index is 11.7. The quantitative estimate of drug-likeness (QED) is 0.581. The van der Waals surface area contributed by atoms with E-state index in [0.29, 0.717) is 18.7 Å². The molecule has 1 amide bonds. The minimum Gasteiger partial charge on any atom is -0.450 e. The van der Waals surface area contributed by atoms with E-state index in [-0.39, 0.29) is 6.09 Å². The predicted octanol–water partition coefficient (Wildman–Crippen LogP) is 1.65. The second kappa shape index (κ2) is 10.5. The zero-order valence-electron chi connectivity index (χ0n) is 16.1. The van der Waals surface area contributed by atoms with Gasteiger partial charge in [0.1, 0.15) is 0 Å². The summed E-state index contributed by atoms with van der Waals surface area (Å²) in [6, 6.07) is 1.04. The van der Waals surface area contributed by atoms with Crippen molar-refractivity contribution in [1.82, 2.24) is 20.4 Å². The Morgan fingerprint density at radius 2 is 1.96 bits per heavy atom. The van der Waals surface area contributed by atoms with Gasteiger partial charge in [-0.2, -0.15) is 0 Å². The van der Waals surface area contributed by atoms with Crippen LogP contribution in [0, 0.1) is 0 Å². The molecule has 144 valence electrons. The first-order valence-corrected chi connectivity index (χ1v) is 9.77. The van der Waals surface area contributed by atoms with Gasteiger partial charge in [0.15, 0.2) is 5.96 Å². The number of guanidine groups is 1. The van der Waals surface area contributed by atoms with Crippen LogP contribution in [0.3, 0.4) is 0 Å². The largest absolute Gasteiger partial charge is 0.450 e. The number of hydrogen-bond acceptors (Lipinski definition) is 4. The number of rotatable bonds is 5. The number of hydrogen-bond donors (Lipinski definition) is 2. The summed E-state index contributed by atoms with van der Waals surface area (Å²) in [6.07, 6.45) is 5.63. The number of piperidine rings is 2. The zero-order valence-corrected chi connectivity index (χ0v) is 16.1. The third kappa shape index (κ3) is 6.38. The number of amides is 1. The van der Waals surface area contributed by atoms with Gasteiger partial charge in [0.25, 0.3) is 0 Å². The van der Waals surface area contributed by atoms with E-state index in [1.165, 1.54) is 25.8 Å². The van der Waals surface area contributed by atoms with Gasteiger partial charge in [0.05, 0.1) is 6.61 Å². The maximum Gasteiger partial charge on any atom is 0.409 e. The van der Waals surface area contributed by atoms with E-state index in [4.69, 9.17) is 4.74 Å². The monoisotopic (exact) mass is 353 g/mol.